The SMILES string of the molecule is C=CC(=O)O.CCOC(O)CCCCCCCCCCCCCCCCCCCCCCO. The number of hydrogen-bond donors (Lipinski definition) is 3. The first-order valence-electron chi connectivity index (χ1n) is 13.8. The van der Waals surface area contributed by atoms with Crippen molar-refractivity contribution < 1.29 is 24.9 Å². The summed E-state index contributed by atoms with van der Waals surface area (Å²) in [7, 11) is 0. The molecule has 0 bridgehead atoms. The van der Waals surface area contributed by atoms with Crippen LogP contribution in [0.1, 0.15) is 142 Å². The van der Waals surface area contributed by atoms with Crippen LogP contribution in [-0.2, 0) is 9.53 Å². The summed E-state index contributed by atoms with van der Waals surface area (Å²) in [5.74, 6) is -0.981. The molecule has 3 N–H and O–H groups in total. The maximum Gasteiger partial charge on any atom is 0.327 e. The minimum absolute atomic E-state index is 0.363. The molecule has 0 aromatic carbocycles. The van der Waals surface area contributed by atoms with Gasteiger partial charge in [0.25, 0.3) is 0 Å². The van der Waals surface area contributed by atoms with Crippen LogP contribution in [0.3, 0.4) is 0 Å². The lowest BCUT2D eigenvalue weighted by molar-refractivity contribution is -0.131. The summed E-state index contributed by atoms with van der Waals surface area (Å²) in [6, 6.07) is 0. The van der Waals surface area contributed by atoms with E-state index in [9.17, 15) is 9.90 Å². The van der Waals surface area contributed by atoms with Crippen LogP contribution in [0.25, 0.3) is 0 Å². The van der Waals surface area contributed by atoms with Gasteiger partial charge in [-0.15, -0.1) is 0 Å². The van der Waals surface area contributed by atoms with E-state index >= 15 is 0 Å². The third-order valence-electron chi connectivity index (χ3n) is 5.89. The Morgan fingerprint density at radius 3 is 1.21 bits per heavy atom. The summed E-state index contributed by atoms with van der Waals surface area (Å²) >= 11 is 0. The zero-order valence-electron chi connectivity index (χ0n) is 21.8. The molecule has 0 aliphatic carbocycles. The van der Waals surface area contributed by atoms with E-state index in [2.05, 4.69) is 6.58 Å². The molecule has 33 heavy (non-hydrogen) atoms. The Labute approximate surface area is 205 Å². The Bertz CT molecular complexity index is 386. The third kappa shape index (κ3) is 35.9. The van der Waals surface area contributed by atoms with Gasteiger partial charge in [-0.05, 0) is 26.2 Å². The molecule has 0 rings (SSSR count). The molecule has 1 unspecified atom stereocenters. The van der Waals surface area contributed by atoms with Gasteiger partial charge in [-0.3, -0.25) is 0 Å². The van der Waals surface area contributed by atoms with E-state index in [1.807, 2.05) is 6.92 Å². The van der Waals surface area contributed by atoms with Gasteiger partial charge in [-0.1, -0.05) is 122 Å². The largest absolute Gasteiger partial charge is 0.478 e. The number of carboxylic acid groups (broad SMARTS) is 1. The van der Waals surface area contributed by atoms with Gasteiger partial charge >= 0.3 is 5.97 Å². The number of carbonyl (C=O) groups is 1. The molecule has 0 saturated heterocycles. The number of unbranched alkanes of at least 4 members (excludes halogenated alkanes) is 19. The van der Waals surface area contributed by atoms with E-state index in [0.29, 0.717) is 13.2 Å². The summed E-state index contributed by atoms with van der Waals surface area (Å²) in [6.45, 7) is 5.86. The van der Waals surface area contributed by atoms with Crippen LogP contribution in [0.15, 0.2) is 12.7 Å². The average Bonchev–Trinajstić information content (AvgIpc) is 2.80. The molecule has 0 aromatic rings. The first kappa shape index (κ1) is 34.3. The van der Waals surface area contributed by atoms with Crippen molar-refractivity contribution >= 4 is 5.97 Å². The molecule has 0 heterocycles. The number of carboxylic acids is 1. The first-order chi connectivity index (χ1) is 16.1. The van der Waals surface area contributed by atoms with Crippen LogP contribution in [-0.4, -0.2) is 40.8 Å². The molecule has 0 radical (unpaired) electrons. The summed E-state index contributed by atoms with van der Waals surface area (Å²) in [4.78, 5) is 9.25. The van der Waals surface area contributed by atoms with Crippen molar-refractivity contribution in [2.24, 2.45) is 0 Å². The second kappa shape index (κ2) is 31.1. The van der Waals surface area contributed by atoms with Gasteiger partial charge in [-0.25, -0.2) is 4.79 Å². The predicted octanol–water partition coefficient (Wildman–Crippen LogP) is 7.78. The van der Waals surface area contributed by atoms with E-state index in [1.165, 1.54) is 116 Å². The third-order valence-corrected chi connectivity index (χ3v) is 5.89. The highest BCUT2D eigenvalue weighted by atomic mass is 16.6. The Hall–Kier alpha value is -0.910. The lowest BCUT2D eigenvalue weighted by Gasteiger charge is -2.09. The minimum Gasteiger partial charge on any atom is -0.478 e. The molecule has 0 spiro atoms. The van der Waals surface area contributed by atoms with Gasteiger partial charge in [0.1, 0.15) is 0 Å². The van der Waals surface area contributed by atoms with Crippen LogP contribution in [0.2, 0.25) is 0 Å². The fraction of sp³-hybridized carbons (Fsp3) is 0.893. The molecule has 1 atom stereocenters. The maximum atomic E-state index is 9.48. The van der Waals surface area contributed by atoms with Gasteiger partial charge < -0.3 is 20.1 Å². The Kier molecular flexibility index (Phi) is 32.3. The molecule has 0 aromatic heterocycles. The van der Waals surface area contributed by atoms with Crippen molar-refractivity contribution in [3.05, 3.63) is 12.7 Å². The summed E-state index contributed by atoms with van der Waals surface area (Å²) < 4.78 is 5.13. The molecule has 0 fully saturated rings. The molecule has 0 aliphatic heterocycles. The van der Waals surface area contributed by atoms with E-state index < -0.39 is 12.3 Å². The quantitative estimate of drug-likeness (QED) is 0.0717. The number of aliphatic hydroxyl groups is 2. The smallest absolute Gasteiger partial charge is 0.327 e. The number of aliphatic carboxylic acids is 1. The maximum absolute atomic E-state index is 9.48. The normalized spacial score (nSPS) is 11.6. The minimum atomic E-state index is -0.981. The van der Waals surface area contributed by atoms with E-state index in [1.54, 1.807) is 0 Å². The van der Waals surface area contributed by atoms with Crippen LogP contribution in [0.5, 0.6) is 0 Å². The topological polar surface area (TPSA) is 87.0 Å². The number of rotatable bonds is 25. The fourth-order valence-corrected chi connectivity index (χ4v) is 3.89. The second-order valence-corrected chi connectivity index (χ2v) is 9.04. The zero-order chi connectivity index (χ0) is 24.8. The van der Waals surface area contributed by atoms with Crippen molar-refractivity contribution in [3.8, 4) is 0 Å². The monoisotopic (exact) mass is 472 g/mol. The van der Waals surface area contributed by atoms with Gasteiger partial charge in [0.15, 0.2) is 6.29 Å². The number of aliphatic hydroxyl groups excluding tert-OH is 2. The van der Waals surface area contributed by atoms with Crippen molar-refractivity contribution in [1.29, 1.82) is 0 Å². The molecule has 198 valence electrons. The first-order valence-corrected chi connectivity index (χ1v) is 13.8. The molecule has 0 amide bonds. The van der Waals surface area contributed by atoms with Crippen LogP contribution >= 0.6 is 0 Å². The highest BCUT2D eigenvalue weighted by molar-refractivity contribution is 5.78. The van der Waals surface area contributed by atoms with Crippen LogP contribution < -0.4 is 0 Å². The Morgan fingerprint density at radius 1 is 0.697 bits per heavy atom. The lowest BCUT2D eigenvalue weighted by atomic mass is 10.0. The molecule has 5 heteroatoms. The van der Waals surface area contributed by atoms with Crippen molar-refractivity contribution in [2.45, 2.75) is 148 Å². The standard InChI is InChI=1S/C25H52O3.C3H4O2/c1-2-28-25(27)23-21-19-17-15-13-11-9-7-5-3-4-6-8-10-12-14-16-18-20-22-24-26;1-2-3(4)5/h25-27H,2-24H2,1H3;2H,1H2,(H,4,5). The molecule has 5 nitrogen and oxygen atoms in total. The second-order valence-electron chi connectivity index (χ2n) is 9.04. The number of hydrogen-bond acceptors (Lipinski definition) is 4. The molecular formula is C28H56O5. The van der Waals surface area contributed by atoms with E-state index in [0.717, 1.165) is 25.3 Å². The summed E-state index contributed by atoms with van der Waals surface area (Å²) in [5.41, 5.74) is 0. The van der Waals surface area contributed by atoms with Crippen molar-refractivity contribution in [2.75, 3.05) is 13.2 Å². The van der Waals surface area contributed by atoms with Crippen LogP contribution in [0, 0.1) is 0 Å². The molecular weight excluding hydrogens is 416 g/mol. The molecule has 0 saturated carbocycles. The number of ether oxygens (including phenoxy) is 1. The van der Waals surface area contributed by atoms with Crippen LogP contribution in [0.4, 0.5) is 0 Å². The fourth-order valence-electron chi connectivity index (χ4n) is 3.89. The lowest BCUT2D eigenvalue weighted by Crippen LogP contribution is -2.10. The zero-order valence-corrected chi connectivity index (χ0v) is 21.8. The Balaban J connectivity index is 0. The molecule has 0 aliphatic rings. The summed E-state index contributed by atoms with van der Waals surface area (Å²) in [5, 5.41) is 25.8. The van der Waals surface area contributed by atoms with Crippen molar-refractivity contribution in [1.82, 2.24) is 0 Å². The predicted molar refractivity (Wildman–Crippen MR) is 140 cm³/mol. The average molecular weight is 473 g/mol. The van der Waals surface area contributed by atoms with Gasteiger partial charge in [-0.2, -0.15) is 0 Å². The highest BCUT2D eigenvalue weighted by Gasteiger charge is 2.01. The van der Waals surface area contributed by atoms with E-state index in [-0.39, 0.29) is 0 Å². The van der Waals surface area contributed by atoms with Gasteiger partial charge in [0, 0.05) is 19.3 Å². The van der Waals surface area contributed by atoms with Gasteiger partial charge in [0.05, 0.1) is 0 Å². The highest BCUT2D eigenvalue weighted by Crippen LogP contribution is 2.15. The van der Waals surface area contributed by atoms with E-state index in [4.69, 9.17) is 14.9 Å². The summed E-state index contributed by atoms with van der Waals surface area (Å²) in [6.07, 6.45) is 27.9. The van der Waals surface area contributed by atoms with Gasteiger partial charge in [0.2, 0.25) is 0 Å². The Morgan fingerprint density at radius 2 is 0.970 bits per heavy atom. The van der Waals surface area contributed by atoms with Crippen molar-refractivity contribution in [3.63, 3.8) is 0 Å².